The van der Waals surface area contributed by atoms with Gasteiger partial charge in [0.05, 0.1) is 18.6 Å². The first-order chi connectivity index (χ1) is 19.7. The molecule has 0 spiro atoms. The second-order valence-electron chi connectivity index (χ2n) is 10.2. The minimum atomic E-state index is -1.18. The average Bonchev–Trinajstić information content (AvgIpc) is 3.28. The molecule has 0 aliphatic heterocycles. The number of carboxylic acid groups (broad SMARTS) is 1. The van der Waals surface area contributed by atoms with Crippen LogP contribution in [0.4, 0.5) is 10.2 Å². The molecule has 4 N–H and O–H groups in total. The maximum Gasteiger partial charge on any atom is 1.00 e. The molecule has 2 atom stereocenters. The molecule has 10 heteroatoms. The molecule has 0 aliphatic carbocycles. The molecule has 0 aliphatic rings. The Morgan fingerprint density at radius 2 is 1.57 bits per heavy atom. The number of hydrogen-bond acceptors (Lipinski definition) is 5. The minimum Gasteiger partial charge on any atom is -1.00 e. The molecule has 0 saturated carbocycles. The number of aromatic nitrogens is 2. The first kappa shape index (κ1) is 33.2. The molecule has 2 aromatic carbocycles. The van der Waals surface area contributed by atoms with Gasteiger partial charge in [-0.2, -0.15) is 0 Å². The quantitative estimate of drug-likeness (QED) is 0.190. The van der Waals surface area contributed by atoms with Crippen molar-refractivity contribution in [3.8, 4) is 22.3 Å². The number of carbonyl (C=O) groups excluding carboxylic acids is 1. The fourth-order valence-corrected chi connectivity index (χ4v) is 5.12. The van der Waals surface area contributed by atoms with Gasteiger partial charge in [-0.05, 0) is 68.5 Å². The number of anilines is 1. The van der Waals surface area contributed by atoms with E-state index in [4.69, 9.17) is 5.11 Å². The number of pyridine rings is 1. The third kappa shape index (κ3) is 8.14. The van der Waals surface area contributed by atoms with Gasteiger partial charge in [0.25, 0.3) is 5.91 Å². The van der Waals surface area contributed by atoms with E-state index in [9.17, 15) is 24.2 Å². The number of nitrogens with one attached hydrogen (secondary N) is 1. The molecule has 0 bridgehead atoms. The van der Waals surface area contributed by atoms with Crippen LogP contribution in [0, 0.1) is 5.82 Å². The summed E-state index contributed by atoms with van der Waals surface area (Å²) in [5, 5.41) is 32.7. The molecule has 4 rings (SSSR count). The molecule has 4 aromatic rings. The number of nitrogens with zero attached hydrogens (tertiary/aromatic N) is 2. The number of benzene rings is 2. The van der Waals surface area contributed by atoms with E-state index >= 15 is 0 Å². The van der Waals surface area contributed by atoms with E-state index in [1.54, 1.807) is 36.5 Å². The molecule has 2 heterocycles. The van der Waals surface area contributed by atoms with Crippen LogP contribution in [0.5, 0.6) is 0 Å². The van der Waals surface area contributed by atoms with Crippen LogP contribution in [0.15, 0.2) is 79.0 Å². The van der Waals surface area contributed by atoms with E-state index in [0.717, 1.165) is 16.8 Å². The van der Waals surface area contributed by atoms with Crippen LogP contribution < -0.4 is 34.9 Å². The number of aliphatic hydroxyl groups excluding tert-OH is 2. The number of aliphatic hydroxyl groups is 2. The molecule has 216 valence electrons. The summed E-state index contributed by atoms with van der Waals surface area (Å²) >= 11 is 0. The molecular formula is C32H35FN3NaO5. The number of halogens is 1. The van der Waals surface area contributed by atoms with Crippen molar-refractivity contribution in [1.82, 2.24) is 9.55 Å². The van der Waals surface area contributed by atoms with Crippen LogP contribution in [0.3, 0.4) is 0 Å². The Bertz CT molecular complexity index is 1480. The summed E-state index contributed by atoms with van der Waals surface area (Å²) in [6.07, 6.45) is -0.623. The van der Waals surface area contributed by atoms with E-state index in [1.165, 1.54) is 12.1 Å². The smallest absolute Gasteiger partial charge is 1.00 e. The van der Waals surface area contributed by atoms with Gasteiger partial charge >= 0.3 is 35.5 Å². The van der Waals surface area contributed by atoms with Gasteiger partial charge in [-0.15, -0.1) is 0 Å². The van der Waals surface area contributed by atoms with Crippen LogP contribution in [0.1, 0.15) is 56.8 Å². The van der Waals surface area contributed by atoms with Crippen molar-refractivity contribution in [2.24, 2.45) is 0 Å². The number of rotatable bonds is 12. The summed E-state index contributed by atoms with van der Waals surface area (Å²) in [7, 11) is 0. The van der Waals surface area contributed by atoms with Crippen molar-refractivity contribution in [3.05, 3.63) is 96.2 Å². The Morgan fingerprint density at radius 3 is 2.17 bits per heavy atom. The maximum atomic E-state index is 14.0. The standard InChI is InChI=1S/C32H34FN3O5.Na.H/c1-20(2)36-26(16-15-24(37)18-25(38)19-28(39)40)29(22-11-13-23(33)14-12-22)30(21-8-4-3-5-9-21)31(36)32(41)35-27-10-6-7-17-34-27;;/h3-14,17,20,24-25,37-38H,15-16,18-19H2,1-2H3,(H,39,40)(H,34,35,41);;/q;+1;-1/t24-,25-;;/m1../s1. The van der Waals surface area contributed by atoms with Crippen molar-refractivity contribution in [2.75, 3.05) is 5.32 Å². The van der Waals surface area contributed by atoms with Crippen molar-refractivity contribution < 1.29 is 60.3 Å². The molecule has 2 aromatic heterocycles. The summed E-state index contributed by atoms with van der Waals surface area (Å²) in [5.41, 5.74) is 4.03. The summed E-state index contributed by atoms with van der Waals surface area (Å²) in [6.45, 7) is 3.91. The number of carboxylic acids is 1. The Morgan fingerprint density at radius 1 is 0.929 bits per heavy atom. The Kier molecular flexibility index (Phi) is 12.0. The van der Waals surface area contributed by atoms with Gasteiger partial charge in [0, 0.05) is 29.1 Å². The van der Waals surface area contributed by atoms with E-state index in [1.807, 2.05) is 48.7 Å². The Labute approximate surface area is 268 Å². The van der Waals surface area contributed by atoms with Crippen LogP contribution in [0.2, 0.25) is 0 Å². The van der Waals surface area contributed by atoms with Crippen molar-refractivity contribution >= 4 is 17.7 Å². The van der Waals surface area contributed by atoms with Gasteiger partial charge in [-0.1, -0.05) is 48.5 Å². The van der Waals surface area contributed by atoms with Crippen LogP contribution >= 0.6 is 0 Å². The number of hydrogen-bond donors (Lipinski definition) is 4. The largest absolute Gasteiger partial charge is 1.00 e. The normalized spacial score (nSPS) is 12.4. The van der Waals surface area contributed by atoms with Gasteiger partial charge in [0.15, 0.2) is 0 Å². The predicted octanol–water partition coefficient (Wildman–Crippen LogP) is 2.83. The molecule has 8 nitrogen and oxygen atoms in total. The molecule has 0 radical (unpaired) electrons. The van der Waals surface area contributed by atoms with Crippen molar-refractivity contribution in [1.29, 1.82) is 0 Å². The van der Waals surface area contributed by atoms with Crippen LogP contribution in [0.25, 0.3) is 22.3 Å². The zero-order valence-corrected chi connectivity index (χ0v) is 26.0. The molecule has 0 fully saturated rings. The van der Waals surface area contributed by atoms with E-state index in [2.05, 4.69) is 10.3 Å². The molecule has 42 heavy (non-hydrogen) atoms. The summed E-state index contributed by atoms with van der Waals surface area (Å²) in [5.74, 6) is -1.52. The minimum absolute atomic E-state index is 0. The third-order valence-corrected chi connectivity index (χ3v) is 6.81. The van der Waals surface area contributed by atoms with Gasteiger partial charge in [0.1, 0.15) is 17.3 Å². The fraction of sp³-hybridized carbons (Fsp3) is 0.281. The molecule has 1 amide bonds. The predicted molar refractivity (Wildman–Crippen MR) is 156 cm³/mol. The SMILES string of the molecule is CC(C)n1c(CC[C@@H](O)C[C@@H](O)CC(=O)O)c(-c2ccc(F)cc2)c(-c2ccccc2)c1C(=O)Nc1ccccn1.[H-].[Na+]. The second kappa shape index (κ2) is 15.2. The Balaban J connectivity index is 0.00000323. The van der Waals surface area contributed by atoms with Crippen molar-refractivity contribution in [3.63, 3.8) is 0 Å². The first-order valence-electron chi connectivity index (χ1n) is 13.5. The topological polar surface area (TPSA) is 125 Å². The van der Waals surface area contributed by atoms with Crippen molar-refractivity contribution in [2.45, 2.75) is 57.8 Å². The summed E-state index contributed by atoms with van der Waals surface area (Å²) in [6, 6.07) is 20.6. The van der Waals surface area contributed by atoms with Crippen LogP contribution in [-0.2, 0) is 11.2 Å². The Hall–Kier alpha value is -3.34. The molecule has 0 saturated heterocycles. The fourth-order valence-electron chi connectivity index (χ4n) is 5.12. The molecule has 0 unspecified atom stereocenters. The summed E-state index contributed by atoms with van der Waals surface area (Å²) < 4.78 is 15.9. The third-order valence-electron chi connectivity index (χ3n) is 6.81. The van der Waals surface area contributed by atoms with E-state index in [0.29, 0.717) is 29.1 Å². The zero-order valence-electron chi connectivity index (χ0n) is 25.0. The zero-order chi connectivity index (χ0) is 29.5. The number of carbonyl (C=O) groups is 2. The van der Waals surface area contributed by atoms with Gasteiger partial charge in [-0.25, -0.2) is 9.37 Å². The maximum absolute atomic E-state index is 14.0. The number of aliphatic carboxylic acids is 1. The van der Waals surface area contributed by atoms with Crippen LogP contribution in [-0.4, -0.2) is 49.0 Å². The monoisotopic (exact) mass is 583 g/mol. The van der Waals surface area contributed by atoms with E-state index in [-0.39, 0.29) is 55.8 Å². The average molecular weight is 584 g/mol. The number of amides is 1. The van der Waals surface area contributed by atoms with E-state index < -0.39 is 30.4 Å². The van der Waals surface area contributed by atoms with Gasteiger partial charge in [-0.3, -0.25) is 9.59 Å². The first-order valence-corrected chi connectivity index (χ1v) is 13.5. The van der Waals surface area contributed by atoms with Gasteiger partial charge < -0.3 is 26.6 Å². The van der Waals surface area contributed by atoms with Gasteiger partial charge in [0.2, 0.25) is 0 Å². The second-order valence-corrected chi connectivity index (χ2v) is 10.2. The summed E-state index contributed by atoms with van der Waals surface area (Å²) in [4.78, 5) is 29.2. The molecular weight excluding hydrogens is 548 g/mol.